The fraction of sp³-hybridized carbons (Fsp3) is 0.364. The Bertz CT molecular complexity index is 1130. The average Bonchev–Trinajstić information content (AvgIpc) is 2.69. The van der Waals surface area contributed by atoms with Gasteiger partial charge >= 0.3 is 12.2 Å². The summed E-state index contributed by atoms with van der Waals surface area (Å²) >= 11 is 0. The van der Waals surface area contributed by atoms with Crippen molar-refractivity contribution in [2.45, 2.75) is 32.1 Å². The van der Waals surface area contributed by atoms with Crippen LogP contribution in [0, 0.1) is 13.8 Å². The van der Waals surface area contributed by atoms with Gasteiger partial charge in [-0.15, -0.1) is 0 Å². The number of benzene rings is 1. The average molecular weight is 461 g/mol. The molecular formula is C22H22F3N5O3. The highest BCUT2D eigenvalue weighted by Gasteiger charge is 2.61. The molecule has 0 bridgehead atoms. The highest BCUT2D eigenvalue weighted by Crippen LogP contribution is 2.37. The van der Waals surface area contributed by atoms with E-state index >= 15 is 0 Å². The van der Waals surface area contributed by atoms with E-state index < -0.39 is 35.1 Å². The zero-order valence-corrected chi connectivity index (χ0v) is 18.0. The minimum Gasteiger partial charge on any atom is -0.351 e. The Kier molecular flexibility index (Phi) is 5.30. The van der Waals surface area contributed by atoms with Crippen molar-refractivity contribution in [3.63, 3.8) is 0 Å². The van der Waals surface area contributed by atoms with Crippen molar-refractivity contribution in [2.24, 2.45) is 5.73 Å². The normalized spacial score (nSPS) is 18.0. The third-order valence-corrected chi connectivity index (χ3v) is 6.04. The summed E-state index contributed by atoms with van der Waals surface area (Å²) in [7, 11) is 0. The Balaban J connectivity index is 1.67. The van der Waals surface area contributed by atoms with Crippen LogP contribution in [0.2, 0.25) is 0 Å². The number of halogens is 3. The lowest BCUT2D eigenvalue weighted by Gasteiger charge is -2.57. The van der Waals surface area contributed by atoms with E-state index in [-0.39, 0.29) is 26.2 Å². The summed E-state index contributed by atoms with van der Waals surface area (Å²) in [5.74, 6) is -0.462. The molecule has 8 nitrogen and oxygen atoms in total. The van der Waals surface area contributed by atoms with E-state index in [1.165, 1.54) is 26.8 Å². The van der Waals surface area contributed by atoms with Gasteiger partial charge in [0.2, 0.25) is 5.91 Å². The van der Waals surface area contributed by atoms with Crippen LogP contribution in [0.15, 0.2) is 36.5 Å². The van der Waals surface area contributed by atoms with Crippen LogP contribution in [0.4, 0.5) is 23.8 Å². The SMILES string of the molecule is Cc1cnc(N2CC(=O)N(Cc3ccc(C(F)(F)F)cc3)C3(CN(C(N)=O)C3)C2=O)c(C)c1. The number of aryl methyl sites for hydroxylation is 2. The molecule has 0 radical (unpaired) electrons. The van der Waals surface area contributed by atoms with Crippen LogP contribution in [0.25, 0.3) is 0 Å². The standard InChI is InChI=1S/C22H22F3N5O3/c1-13-7-14(2)18(27-8-13)29-10-17(31)30(21(19(29)32)11-28(12-21)20(26)33)9-15-3-5-16(6-4-15)22(23,24)25/h3-8H,9-12H2,1-2H3,(H2,26,33). The maximum Gasteiger partial charge on any atom is 0.416 e. The van der Waals surface area contributed by atoms with Crippen molar-refractivity contribution in [3.05, 3.63) is 58.8 Å². The molecule has 4 rings (SSSR count). The van der Waals surface area contributed by atoms with E-state index in [9.17, 15) is 27.6 Å². The number of hydrogen-bond acceptors (Lipinski definition) is 4. The third-order valence-electron chi connectivity index (χ3n) is 6.04. The van der Waals surface area contributed by atoms with Gasteiger partial charge in [-0.2, -0.15) is 13.2 Å². The van der Waals surface area contributed by atoms with E-state index in [0.717, 1.165) is 17.7 Å². The van der Waals surface area contributed by atoms with Crippen molar-refractivity contribution < 1.29 is 27.6 Å². The maximum atomic E-state index is 13.6. The Morgan fingerprint density at radius 2 is 1.79 bits per heavy atom. The van der Waals surface area contributed by atoms with Gasteiger partial charge in [0, 0.05) is 12.7 Å². The number of carbonyl (C=O) groups excluding carboxylic acids is 3. The van der Waals surface area contributed by atoms with Crippen molar-refractivity contribution in [1.82, 2.24) is 14.8 Å². The van der Waals surface area contributed by atoms with E-state index in [0.29, 0.717) is 16.9 Å². The molecule has 1 aromatic heterocycles. The highest BCUT2D eigenvalue weighted by molar-refractivity contribution is 6.10. The number of likely N-dealkylation sites (tertiary alicyclic amines) is 1. The van der Waals surface area contributed by atoms with Gasteiger partial charge in [0.25, 0.3) is 5.91 Å². The summed E-state index contributed by atoms with van der Waals surface area (Å²) < 4.78 is 38.7. The molecule has 2 N–H and O–H groups in total. The van der Waals surface area contributed by atoms with Crippen molar-refractivity contribution >= 4 is 23.7 Å². The smallest absolute Gasteiger partial charge is 0.351 e. The summed E-state index contributed by atoms with van der Waals surface area (Å²) in [5.41, 5.74) is 5.22. The lowest BCUT2D eigenvalue weighted by molar-refractivity contribution is -0.161. The molecule has 3 heterocycles. The largest absolute Gasteiger partial charge is 0.416 e. The Morgan fingerprint density at radius 1 is 1.15 bits per heavy atom. The number of alkyl halides is 3. The minimum atomic E-state index is -4.48. The predicted octanol–water partition coefficient (Wildman–Crippen LogP) is 2.23. The zero-order valence-electron chi connectivity index (χ0n) is 18.0. The first-order valence-corrected chi connectivity index (χ1v) is 10.2. The molecule has 33 heavy (non-hydrogen) atoms. The van der Waals surface area contributed by atoms with Crippen LogP contribution in [0.3, 0.4) is 0 Å². The van der Waals surface area contributed by atoms with Crippen molar-refractivity contribution in [2.75, 3.05) is 24.5 Å². The molecule has 2 aromatic rings. The van der Waals surface area contributed by atoms with Crippen LogP contribution in [0.1, 0.15) is 22.3 Å². The van der Waals surface area contributed by atoms with Gasteiger partial charge in [-0.25, -0.2) is 9.78 Å². The Hall–Kier alpha value is -3.63. The van der Waals surface area contributed by atoms with Crippen LogP contribution in [0.5, 0.6) is 0 Å². The number of nitrogens with two attached hydrogens (primary N) is 1. The first-order valence-electron chi connectivity index (χ1n) is 10.2. The van der Waals surface area contributed by atoms with Crippen LogP contribution in [-0.4, -0.2) is 57.8 Å². The fourth-order valence-electron chi connectivity index (χ4n) is 4.33. The summed E-state index contributed by atoms with van der Waals surface area (Å²) in [6.07, 6.45) is -2.89. The number of primary amides is 1. The van der Waals surface area contributed by atoms with E-state index in [1.54, 1.807) is 13.1 Å². The second-order valence-electron chi connectivity index (χ2n) is 8.44. The molecule has 11 heteroatoms. The Morgan fingerprint density at radius 3 is 2.33 bits per heavy atom. The second-order valence-corrected chi connectivity index (χ2v) is 8.44. The van der Waals surface area contributed by atoms with Crippen LogP contribution in [-0.2, 0) is 22.3 Å². The van der Waals surface area contributed by atoms with E-state index in [4.69, 9.17) is 5.73 Å². The molecule has 174 valence electrons. The van der Waals surface area contributed by atoms with Crippen molar-refractivity contribution in [3.8, 4) is 0 Å². The molecule has 4 amide bonds. The summed E-state index contributed by atoms with van der Waals surface area (Å²) in [6.45, 7) is 3.09. The van der Waals surface area contributed by atoms with Gasteiger partial charge in [0.1, 0.15) is 12.4 Å². The predicted molar refractivity (Wildman–Crippen MR) is 112 cm³/mol. The Labute approximate surface area is 187 Å². The second kappa shape index (κ2) is 7.75. The number of rotatable bonds is 3. The maximum absolute atomic E-state index is 13.6. The number of hydrogen-bond donors (Lipinski definition) is 1. The highest BCUT2D eigenvalue weighted by atomic mass is 19.4. The van der Waals surface area contributed by atoms with Gasteiger partial charge in [-0.1, -0.05) is 18.2 Å². The number of amides is 4. The number of piperazine rings is 1. The fourth-order valence-corrected chi connectivity index (χ4v) is 4.33. The van der Waals surface area contributed by atoms with Gasteiger partial charge in [-0.3, -0.25) is 14.5 Å². The molecule has 1 aromatic carbocycles. The monoisotopic (exact) mass is 461 g/mol. The molecule has 0 saturated carbocycles. The molecule has 1 spiro atoms. The molecule has 2 aliphatic heterocycles. The lowest BCUT2D eigenvalue weighted by Crippen LogP contribution is -2.81. The quantitative estimate of drug-likeness (QED) is 0.758. The number of nitrogens with zero attached hydrogens (tertiary/aromatic N) is 4. The van der Waals surface area contributed by atoms with Gasteiger partial charge in [0.15, 0.2) is 5.54 Å². The third kappa shape index (κ3) is 3.87. The van der Waals surface area contributed by atoms with E-state index in [1.807, 2.05) is 13.0 Å². The molecule has 0 aliphatic carbocycles. The molecule has 0 unspecified atom stereocenters. The molecule has 2 aliphatic rings. The first-order chi connectivity index (χ1) is 15.4. The summed E-state index contributed by atoms with van der Waals surface area (Å²) in [5, 5.41) is 0. The molecular weight excluding hydrogens is 439 g/mol. The van der Waals surface area contributed by atoms with Crippen LogP contribution < -0.4 is 10.6 Å². The summed E-state index contributed by atoms with van der Waals surface area (Å²) in [6, 6.07) is 5.53. The number of urea groups is 1. The molecule has 0 atom stereocenters. The number of aromatic nitrogens is 1. The lowest BCUT2D eigenvalue weighted by atomic mass is 9.83. The topological polar surface area (TPSA) is 99.8 Å². The molecule has 2 fully saturated rings. The van der Waals surface area contributed by atoms with Crippen LogP contribution >= 0.6 is 0 Å². The number of anilines is 1. The first kappa shape index (κ1) is 22.6. The number of pyridine rings is 1. The molecule has 2 saturated heterocycles. The summed E-state index contributed by atoms with van der Waals surface area (Å²) in [4.78, 5) is 46.7. The van der Waals surface area contributed by atoms with E-state index in [2.05, 4.69) is 4.98 Å². The minimum absolute atomic E-state index is 0.0799. The number of carbonyl (C=O) groups is 3. The van der Waals surface area contributed by atoms with Gasteiger partial charge in [0.05, 0.1) is 18.7 Å². The zero-order chi connectivity index (χ0) is 24.1. The van der Waals surface area contributed by atoms with Gasteiger partial charge in [-0.05, 0) is 42.7 Å². The van der Waals surface area contributed by atoms with Crippen molar-refractivity contribution in [1.29, 1.82) is 0 Å². The van der Waals surface area contributed by atoms with Gasteiger partial charge < -0.3 is 15.5 Å².